The quantitative estimate of drug-likeness (QED) is 0.700. The first kappa shape index (κ1) is 16.5. The normalized spacial score (nSPS) is 17.7. The third-order valence-electron chi connectivity index (χ3n) is 4.78. The second-order valence-corrected chi connectivity index (χ2v) is 6.54. The fourth-order valence-electron chi connectivity index (χ4n) is 3.42. The van der Waals surface area contributed by atoms with Crippen LogP contribution in [-0.2, 0) is 0 Å². The standard InChI is InChI=1S/C21H21N3O2/c25-21(17-12-6-2-7-13-17)24-15-9-3-8-14-18(24)20-23-22-19(26-20)16-10-4-1-5-11-16/h1-2,4-7,10-13,18H,3,8-9,14-15H2. The molecule has 5 heteroatoms. The second-order valence-electron chi connectivity index (χ2n) is 6.54. The molecule has 4 rings (SSSR count). The first-order chi connectivity index (χ1) is 12.8. The number of nitrogens with zero attached hydrogens (tertiary/aromatic N) is 3. The third kappa shape index (κ3) is 3.38. The molecular weight excluding hydrogens is 326 g/mol. The maximum atomic E-state index is 13.0. The van der Waals surface area contributed by atoms with Gasteiger partial charge in [-0.05, 0) is 37.1 Å². The molecule has 0 bridgehead atoms. The topological polar surface area (TPSA) is 59.2 Å². The molecule has 0 aliphatic carbocycles. The predicted molar refractivity (Wildman–Crippen MR) is 98.4 cm³/mol. The SMILES string of the molecule is O=C(c1ccccc1)N1CCCCCC1c1nnc(-c2ccccc2)o1. The van der Waals surface area contributed by atoms with Crippen molar-refractivity contribution < 1.29 is 9.21 Å². The maximum Gasteiger partial charge on any atom is 0.254 e. The molecule has 26 heavy (non-hydrogen) atoms. The summed E-state index contributed by atoms with van der Waals surface area (Å²) in [5.74, 6) is 1.05. The Labute approximate surface area is 152 Å². The van der Waals surface area contributed by atoms with Crippen LogP contribution in [0.25, 0.3) is 11.5 Å². The van der Waals surface area contributed by atoms with Gasteiger partial charge in [0.2, 0.25) is 11.8 Å². The van der Waals surface area contributed by atoms with E-state index in [4.69, 9.17) is 4.42 Å². The average Bonchev–Trinajstić information content (AvgIpc) is 3.07. The van der Waals surface area contributed by atoms with Gasteiger partial charge in [-0.15, -0.1) is 10.2 Å². The zero-order valence-corrected chi connectivity index (χ0v) is 14.5. The lowest BCUT2D eigenvalue weighted by Gasteiger charge is -2.27. The molecule has 1 atom stereocenters. The summed E-state index contributed by atoms with van der Waals surface area (Å²) in [4.78, 5) is 14.9. The van der Waals surface area contributed by atoms with Crippen molar-refractivity contribution in [2.75, 3.05) is 6.54 Å². The van der Waals surface area contributed by atoms with Gasteiger partial charge in [-0.1, -0.05) is 49.2 Å². The molecule has 1 fully saturated rings. The number of hydrogen-bond donors (Lipinski definition) is 0. The van der Waals surface area contributed by atoms with E-state index < -0.39 is 0 Å². The summed E-state index contributed by atoms with van der Waals surface area (Å²) >= 11 is 0. The lowest BCUT2D eigenvalue weighted by atomic mass is 10.1. The summed E-state index contributed by atoms with van der Waals surface area (Å²) in [6.07, 6.45) is 3.99. The monoisotopic (exact) mass is 347 g/mol. The summed E-state index contributed by atoms with van der Waals surface area (Å²) in [5.41, 5.74) is 1.59. The highest BCUT2D eigenvalue weighted by Gasteiger charge is 2.31. The van der Waals surface area contributed by atoms with E-state index >= 15 is 0 Å². The van der Waals surface area contributed by atoms with Crippen molar-refractivity contribution in [1.29, 1.82) is 0 Å². The molecule has 132 valence electrons. The molecule has 1 aliphatic rings. The van der Waals surface area contributed by atoms with E-state index in [9.17, 15) is 4.79 Å². The highest BCUT2D eigenvalue weighted by molar-refractivity contribution is 5.94. The largest absolute Gasteiger partial charge is 0.418 e. The van der Waals surface area contributed by atoms with Gasteiger partial charge in [-0.25, -0.2) is 0 Å². The Bertz CT molecular complexity index is 861. The molecule has 3 aromatic rings. The first-order valence-corrected chi connectivity index (χ1v) is 9.08. The number of aromatic nitrogens is 2. The summed E-state index contributed by atoms with van der Waals surface area (Å²) in [6.45, 7) is 0.710. The summed E-state index contributed by atoms with van der Waals surface area (Å²) < 4.78 is 5.96. The van der Waals surface area contributed by atoms with Crippen molar-refractivity contribution in [2.45, 2.75) is 31.7 Å². The lowest BCUT2D eigenvalue weighted by Crippen LogP contribution is -2.35. The molecule has 0 spiro atoms. The number of benzene rings is 2. The maximum absolute atomic E-state index is 13.0. The molecular formula is C21H21N3O2. The number of likely N-dealkylation sites (tertiary alicyclic amines) is 1. The van der Waals surface area contributed by atoms with Gasteiger partial charge in [-0.3, -0.25) is 4.79 Å². The molecule has 0 saturated carbocycles. The van der Waals surface area contributed by atoms with Crippen molar-refractivity contribution in [3.63, 3.8) is 0 Å². The number of carbonyl (C=O) groups excluding carboxylic acids is 1. The van der Waals surface area contributed by atoms with E-state index in [1.54, 1.807) is 0 Å². The van der Waals surface area contributed by atoms with Crippen LogP contribution in [0.2, 0.25) is 0 Å². The van der Waals surface area contributed by atoms with E-state index in [2.05, 4.69) is 10.2 Å². The fraction of sp³-hybridized carbons (Fsp3) is 0.286. The Hall–Kier alpha value is -2.95. The minimum Gasteiger partial charge on any atom is -0.418 e. The minimum atomic E-state index is -0.171. The van der Waals surface area contributed by atoms with Crippen molar-refractivity contribution in [1.82, 2.24) is 15.1 Å². The van der Waals surface area contributed by atoms with Crippen molar-refractivity contribution >= 4 is 5.91 Å². The van der Waals surface area contributed by atoms with Crippen molar-refractivity contribution in [3.8, 4) is 11.5 Å². The van der Waals surface area contributed by atoms with Gasteiger partial charge in [0.05, 0.1) is 0 Å². The Balaban J connectivity index is 1.64. The molecule has 1 unspecified atom stereocenters. The van der Waals surface area contributed by atoms with Gasteiger partial charge < -0.3 is 9.32 Å². The van der Waals surface area contributed by atoms with Gasteiger partial charge in [-0.2, -0.15) is 0 Å². The van der Waals surface area contributed by atoms with Crippen LogP contribution in [0.15, 0.2) is 65.1 Å². The van der Waals surface area contributed by atoms with Crippen LogP contribution in [0.1, 0.15) is 48.0 Å². The average molecular weight is 347 g/mol. The molecule has 1 aliphatic heterocycles. The van der Waals surface area contributed by atoms with Crippen molar-refractivity contribution in [2.24, 2.45) is 0 Å². The first-order valence-electron chi connectivity index (χ1n) is 9.08. The molecule has 5 nitrogen and oxygen atoms in total. The van der Waals surface area contributed by atoms with Crippen LogP contribution < -0.4 is 0 Å². The molecule has 2 heterocycles. The molecule has 2 aromatic carbocycles. The Morgan fingerprint density at radius 1 is 0.923 bits per heavy atom. The van der Waals surface area contributed by atoms with Crippen LogP contribution >= 0.6 is 0 Å². The van der Waals surface area contributed by atoms with Gasteiger partial charge in [0.25, 0.3) is 5.91 Å². The highest BCUT2D eigenvalue weighted by Crippen LogP contribution is 2.32. The van der Waals surface area contributed by atoms with Gasteiger partial charge in [0.1, 0.15) is 6.04 Å². The molecule has 1 saturated heterocycles. The predicted octanol–water partition coefficient (Wildman–Crippen LogP) is 4.49. The van der Waals surface area contributed by atoms with Gasteiger partial charge in [0, 0.05) is 17.7 Å². The van der Waals surface area contributed by atoms with Gasteiger partial charge in [0.15, 0.2) is 0 Å². The number of carbonyl (C=O) groups is 1. The van der Waals surface area contributed by atoms with E-state index in [0.717, 1.165) is 31.2 Å². The fourth-order valence-corrected chi connectivity index (χ4v) is 3.42. The van der Waals surface area contributed by atoms with Crippen LogP contribution in [0.5, 0.6) is 0 Å². The van der Waals surface area contributed by atoms with Crippen LogP contribution in [0.4, 0.5) is 0 Å². The van der Waals surface area contributed by atoms with Crippen LogP contribution in [-0.4, -0.2) is 27.5 Å². The number of amides is 1. The van der Waals surface area contributed by atoms with E-state index in [1.807, 2.05) is 65.6 Å². The zero-order chi connectivity index (χ0) is 17.8. The second kappa shape index (κ2) is 7.52. The highest BCUT2D eigenvalue weighted by atomic mass is 16.4. The molecule has 1 aromatic heterocycles. The Morgan fingerprint density at radius 2 is 1.65 bits per heavy atom. The number of rotatable bonds is 3. The van der Waals surface area contributed by atoms with Crippen LogP contribution in [0, 0.1) is 0 Å². The van der Waals surface area contributed by atoms with E-state index in [0.29, 0.717) is 23.9 Å². The van der Waals surface area contributed by atoms with Gasteiger partial charge >= 0.3 is 0 Å². The lowest BCUT2D eigenvalue weighted by molar-refractivity contribution is 0.0653. The smallest absolute Gasteiger partial charge is 0.254 e. The summed E-state index contributed by atoms with van der Waals surface area (Å²) in [7, 11) is 0. The summed E-state index contributed by atoms with van der Waals surface area (Å²) in [5, 5.41) is 8.48. The Morgan fingerprint density at radius 3 is 2.42 bits per heavy atom. The van der Waals surface area contributed by atoms with E-state index in [1.165, 1.54) is 0 Å². The molecule has 0 radical (unpaired) electrons. The number of hydrogen-bond acceptors (Lipinski definition) is 4. The zero-order valence-electron chi connectivity index (χ0n) is 14.5. The third-order valence-corrected chi connectivity index (χ3v) is 4.78. The molecule has 0 N–H and O–H groups in total. The van der Waals surface area contributed by atoms with Crippen LogP contribution in [0.3, 0.4) is 0 Å². The van der Waals surface area contributed by atoms with Crippen molar-refractivity contribution in [3.05, 3.63) is 72.1 Å². The summed E-state index contributed by atoms with van der Waals surface area (Å²) in [6, 6.07) is 18.9. The van der Waals surface area contributed by atoms with E-state index in [-0.39, 0.29) is 11.9 Å². The molecule has 1 amide bonds. The minimum absolute atomic E-state index is 0.0250. The Kier molecular flexibility index (Phi) is 4.78.